The lowest BCUT2D eigenvalue weighted by Crippen LogP contribution is -2.40. The first kappa shape index (κ1) is 32.8. The number of rotatable bonds is 5. The maximum atomic E-state index is 12.6. The van der Waals surface area contributed by atoms with E-state index in [1.807, 2.05) is 62.1 Å². The molecule has 4 aromatic rings. The highest BCUT2D eigenvalue weighted by Crippen LogP contribution is 2.31. The second kappa shape index (κ2) is 13.8. The molecule has 0 saturated heterocycles. The van der Waals surface area contributed by atoms with Gasteiger partial charge in [0.1, 0.15) is 5.60 Å². The fourth-order valence-corrected chi connectivity index (χ4v) is 5.94. The predicted octanol–water partition coefficient (Wildman–Crippen LogP) is 4.47. The number of hydrogen-bond donors (Lipinski definition) is 3. The molecule has 0 bridgehead atoms. The lowest BCUT2D eigenvalue weighted by Gasteiger charge is -2.32. The van der Waals surface area contributed by atoms with Crippen LogP contribution in [0.15, 0.2) is 53.3 Å². The quantitative estimate of drug-likeness (QED) is 0.292. The molecule has 0 spiro atoms. The molecule has 0 atom stereocenters. The molecule has 2 aliphatic rings. The predicted molar refractivity (Wildman–Crippen MR) is 175 cm³/mol. The van der Waals surface area contributed by atoms with Crippen LogP contribution in [0.1, 0.15) is 54.2 Å². The summed E-state index contributed by atoms with van der Waals surface area (Å²) in [5.41, 5.74) is 6.39. The Kier molecular flexibility index (Phi) is 9.83. The molecule has 0 unspecified atom stereocenters. The average Bonchev–Trinajstić information content (AvgIpc) is 3.06. The van der Waals surface area contributed by atoms with Gasteiger partial charge in [-0.15, -0.1) is 0 Å². The zero-order valence-corrected chi connectivity index (χ0v) is 27.1. The van der Waals surface area contributed by atoms with E-state index in [-0.39, 0.29) is 24.9 Å². The Morgan fingerprint density at radius 3 is 2.07 bits per heavy atom. The highest BCUT2D eigenvalue weighted by atomic mass is 16.6. The van der Waals surface area contributed by atoms with Crippen molar-refractivity contribution in [2.24, 2.45) is 0 Å². The van der Waals surface area contributed by atoms with Crippen molar-refractivity contribution in [3.63, 3.8) is 0 Å². The van der Waals surface area contributed by atoms with Gasteiger partial charge in [-0.3, -0.25) is 9.78 Å². The van der Waals surface area contributed by atoms with Gasteiger partial charge in [0.15, 0.2) is 11.5 Å². The SMILES string of the molecule is CC(C)(C)OC(=O)N1CCc2c(CO)cccc2C1.COc1cc2nc(N3CCc4c(CO)cccc4C3)[nH]c(=O)c2cc1OC. The van der Waals surface area contributed by atoms with Gasteiger partial charge in [-0.05, 0) is 73.1 Å². The van der Waals surface area contributed by atoms with E-state index in [0.717, 1.165) is 35.1 Å². The first-order chi connectivity index (χ1) is 22.0. The highest BCUT2D eigenvalue weighted by molar-refractivity contribution is 5.82. The summed E-state index contributed by atoms with van der Waals surface area (Å²) in [6.07, 6.45) is 1.29. The molecule has 1 aromatic heterocycles. The minimum absolute atomic E-state index is 0.0376. The summed E-state index contributed by atoms with van der Waals surface area (Å²) in [6.45, 7) is 8.23. The fourth-order valence-electron chi connectivity index (χ4n) is 5.94. The molecular weight excluding hydrogens is 588 g/mol. The third-order valence-corrected chi connectivity index (χ3v) is 8.22. The van der Waals surface area contributed by atoms with Crippen LogP contribution in [0.2, 0.25) is 0 Å². The Morgan fingerprint density at radius 2 is 1.48 bits per heavy atom. The molecule has 3 aromatic carbocycles. The van der Waals surface area contributed by atoms with Gasteiger partial charge in [0, 0.05) is 32.2 Å². The number of aromatic nitrogens is 2. The third kappa shape index (κ3) is 7.11. The van der Waals surface area contributed by atoms with E-state index >= 15 is 0 Å². The molecule has 0 aliphatic carbocycles. The summed E-state index contributed by atoms with van der Waals surface area (Å²) < 4.78 is 16.0. The van der Waals surface area contributed by atoms with Gasteiger partial charge < -0.3 is 34.2 Å². The molecule has 1 amide bonds. The molecule has 0 radical (unpaired) electrons. The first-order valence-corrected chi connectivity index (χ1v) is 15.3. The van der Waals surface area contributed by atoms with Crippen molar-refractivity contribution in [2.45, 2.75) is 65.5 Å². The number of nitrogens with zero attached hydrogens (tertiary/aromatic N) is 3. The van der Waals surface area contributed by atoms with Crippen molar-refractivity contribution in [3.8, 4) is 11.5 Å². The number of benzene rings is 3. The smallest absolute Gasteiger partial charge is 0.410 e. The lowest BCUT2D eigenvalue weighted by atomic mass is 9.95. The summed E-state index contributed by atoms with van der Waals surface area (Å²) >= 11 is 0. The molecule has 3 heterocycles. The Labute approximate surface area is 268 Å². The zero-order chi connectivity index (χ0) is 33.0. The number of amides is 1. The first-order valence-electron chi connectivity index (χ1n) is 15.3. The van der Waals surface area contributed by atoms with Gasteiger partial charge in [-0.1, -0.05) is 36.4 Å². The van der Waals surface area contributed by atoms with E-state index < -0.39 is 5.60 Å². The van der Waals surface area contributed by atoms with Crippen LogP contribution >= 0.6 is 0 Å². The molecule has 244 valence electrons. The number of H-pyrrole nitrogens is 1. The Morgan fingerprint density at radius 1 is 0.891 bits per heavy atom. The van der Waals surface area contributed by atoms with Gasteiger partial charge in [0.25, 0.3) is 5.56 Å². The number of fused-ring (bicyclic) bond motifs is 3. The highest BCUT2D eigenvalue weighted by Gasteiger charge is 2.26. The number of methoxy groups -OCH3 is 2. The maximum Gasteiger partial charge on any atom is 0.410 e. The van der Waals surface area contributed by atoms with Crippen molar-refractivity contribution in [1.29, 1.82) is 0 Å². The number of hydrogen-bond acceptors (Lipinski definition) is 9. The second-order valence-corrected chi connectivity index (χ2v) is 12.4. The van der Waals surface area contributed by atoms with Gasteiger partial charge in [-0.2, -0.15) is 0 Å². The number of nitrogens with one attached hydrogen (secondary N) is 1. The topological polar surface area (TPSA) is 137 Å². The van der Waals surface area contributed by atoms with Crippen molar-refractivity contribution in [1.82, 2.24) is 14.9 Å². The Hall–Kier alpha value is -4.61. The Balaban J connectivity index is 0.000000193. The fraction of sp³-hybridized carbons (Fsp3) is 0.400. The van der Waals surface area contributed by atoms with Gasteiger partial charge in [0.2, 0.25) is 5.95 Å². The monoisotopic (exact) mass is 630 g/mol. The lowest BCUT2D eigenvalue weighted by molar-refractivity contribution is 0.0223. The molecule has 46 heavy (non-hydrogen) atoms. The number of aromatic amines is 1. The number of carbonyl (C=O) groups excluding carboxylic acids is 1. The van der Waals surface area contributed by atoms with Gasteiger partial charge >= 0.3 is 6.09 Å². The standard InChI is InChI=1S/C20H21N3O4.C15H21NO3/c1-26-17-8-15-16(9-18(17)27-2)21-20(22-19(15)25)23-7-6-14-12(10-23)4-3-5-13(14)11-24;1-15(2,3)19-14(18)16-8-7-13-11(9-16)5-4-6-12(13)10-17/h3-5,8-9,24H,6-7,10-11H2,1-2H3,(H,21,22,25);4-6,17H,7-10H2,1-3H3. The van der Waals surface area contributed by atoms with Crippen LogP contribution in [-0.4, -0.2) is 64.1 Å². The van der Waals surface area contributed by atoms with Crippen LogP contribution in [0.4, 0.5) is 10.7 Å². The number of aliphatic hydroxyl groups excluding tert-OH is 2. The Bertz CT molecular complexity index is 1780. The average molecular weight is 631 g/mol. The summed E-state index contributed by atoms with van der Waals surface area (Å²) in [5.74, 6) is 1.55. The van der Waals surface area contributed by atoms with Crippen LogP contribution in [0.5, 0.6) is 11.5 Å². The van der Waals surface area contributed by atoms with Gasteiger partial charge in [-0.25, -0.2) is 9.78 Å². The van der Waals surface area contributed by atoms with Crippen LogP contribution in [0.25, 0.3) is 10.9 Å². The molecular formula is C35H42N4O7. The van der Waals surface area contributed by atoms with Crippen LogP contribution < -0.4 is 19.9 Å². The van der Waals surface area contributed by atoms with Crippen molar-refractivity contribution in [3.05, 3.63) is 92.3 Å². The van der Waals surface area contributed by atoms with E-state index in [9.17, 15) is 19.8 Å². The molecule has 11 heteroatoms. The van der Waals surface area contributed by atoms with Crippen molar-refractivity contribution >= 4 is 22.9 Å². The zero-order valence-electron chi connectivity index (χ0n) is 27.1. The van der Waals surface area contributed by atoms with Crippen LogP contribution in [0.3, 0.4) is 0 Å². The van der Waals surface area contributed by atoms with Crippen LogP contribution in [-0.2, 0) is 43.9 Å². The van der Waals surface area contributed by atoms with E-state index in [0.29, 0.717) is 54.5 Å². The van der Waals surface area contributed by atoms with Crippen molar-refractivity contribution < 1.29 is 29.2 Å². The van der Waals surface area contributed by atoms with E-state index in [1.54, 1.807) is 24.1 Å². The minimum Gasteiger partial charge on any atom is -0.493 e. The number of anilines is 1. The second-order valence-electron chi connectivity index (χ2n) is 12.4. The van der Waals surface area contributed by atoms with E-state index in [1.165, 1.54) is 18.2 Å². The largest absolute Gasteiger partial charge is 0.493 e. The summed E-state index contributed by atoms with van der Waals surface area (Å²) in [4.78, 5) is 35.9. The molecule has 6 rings (SSSR count). The molecule has 2 aliphatic heterocycles. The summed E-state index contributed by atoms with van der Waals surface area (Å²) in [5, 5.41) is 19.3. The maximum absolute atomic E-state index is 12.6. The molecule has 3 N–H and O–H groups in total. The van der Waals surface area contributed by atoms with Crippen molar-refractivity contribution in [2.75, 3.05) is 32.2 Å². The summed E-state index contributed by atoms with van der Waals surface area (Å²) in [7, 11) is 3.09. The normalized spacial score (nSPS) is 14.2. The minimum atomic E-state index is -0.468. The van der Waals surface area contributed by atoms with Gasteiger partial charge in [0.05, 0.1) is 38.3 Å². The molecule has 11 nitrogen and oxygen atoms in total. The molecule has 0 fully saturated rings. The number of aliphatic hydroxyl groups is 2. The number of carbonyl (C=O) groups is 1. The van der Waals surface area contributed by atoms with Crippen LogP contribution in [0, 0.1) is 0 Å². The number of ether oxygens (including phenoxy) is 3. The summed E-state index contributed by atoms with van der Waals surface area (Å²) in [6, 6.07) is 15.2. The third-order valence-electron chi connectivity index (χ3n) is 8.22. The van der Waals surface area contributed by atoms with E-state index in [4.69, 9.17) is 14.2 Å². The molecule has 0 saturated carbocycles. The van der Waals surface area contributed by atoms with E-state index in [2.05, 4.69) is 9.97 Å².